The molecule has 2 N–H and O–H groups in total. The number of benzene rings is 1. The first-order chi connectivity index (χ1) is 8.66. The molecule has 0 fully saturated rings. The summed E-state index contributed by atoms with van der Waals surface area (Å²) in [6, 6.07) is 10.9. The molecular weight excluding hydrogens is 228 g/mol. The lowest BCUT2D eigenvalue weighted by molar-refractivity contribution is 0.296. The van der Waals surface area contributed by atoms with Crippen molar-refractivity contribution in [2.45, 2.75) is 13.5 Å². The second kappa shape index (κ2) is 5.40. The van der Waals surface area contributed by atoms with Crippen LogP contribution in [0.3, 0.4) is 0 Å². The normalized spacial score (nSPS) is 10.3. The van der Waals surface area contributed by atoms with Crippen molar-refractivity contribution in [2.75, 3.05) is 12.3 Å². The SMILES string of the molecule is Cc1cccn(CCOc2ccc(N)cc2)c1=O. The third kappa shape index (κ3) is 2.91. The molecule has 18 heavy (non-hydrogen) atoms. The van der Waals surface area contributed by atoms with Crippen LogP contribution in [-0.4, -0.2) is 11.2 Å². The van der Waals surface area contributed by atoms with E-state index in [9.17, 15) is 4.79 Å². The number of ether oxygens (including phenoxy) is 1. The highest BCUT2D eigenvalue weighted by molar-refractivity contribution is 5.41. The van der Waals surface area contributed by atoms with E-state index in [2.05, 4.69) is 0 Å². The first-order valence-corrected chi connectivity index (χ1v) is 5.81. The fraction of sp³-hybridized carbons (Fsp3) is 0.214. The van der Waals surface area contributed by atoms with Crippen molar-refractivity contribution >= 4 is 5.69 Å². The maximum Gasteiger partial charge on any atom is 0.253 e. The lowest BCUT2D eigenvalue weighted by Gasteiger charge is -2.08. The van der Waals surface area contributed by atoms with Crippen molar-refractivity contribution < 1.29 is 4.74 Å². The predicted molar refractivity (Wildman–Crippen MR) is 71.8 cm³/mol. The largest absolute Gasteiger partial charge is 0.492 e. The molecule has 0 aliphatic rings. The second-order valence-electron chi connectivity index (χ2n) is 4.11. The molecular formula is C14H16N2O2. The van der Waals surface area contributed by atoms with Crippen LogP contribution >= 0.6 is 0 Å². The Morgan fingerprint density at radius 2 is 1.94 bits per heavy atom. The van der Waals surface area contributed by atoms with Crippen molar-refractivity contribution in [3.05, 3.63) is 58.5 Å². The average Bonchev–Trinajstić information content (AvgIpc) is 2.37. The number of pyridine rings is 1. The number of anilines is 1. The summed E-state index contributed by atoms with van der Waals surface area (Å²) in [6.07, 6.45) is 1.77. The monoisotopic (exact) mass is 244 g/mol. The predicted octanol–water partition coefficient (Wildman–Crippen LogP) is 1.82. The zero-order valence-electron chi connectivity index (χ0n) is 10.3. The Bertz CT molecular complexity index is 573. The number of nitrogens with two attached hydrogens (primary N) is 1. The molecule has 2 rings (SSSR count). The van der Waals surface area contributed by atoms with Crippen LogP contribution in [0.5, 0.6) is 5.75 Å². The van der Waals surface area contributed by atoms with Gasteiger partial charge in [0.2, 0.25) is 0 Å². The van der Waals surface area contributed by atoms with Gasteiger partial charge in [-0.1, -0.05) is 6.07 Å². The summed E-state index contributed by atoms with van der Waals surface area (Å²) in [7, 11) is 0. The number of hydrogen-bond acceptors (Lipinski definition) is 3. The minimum atomic E-state index is 0.0263. The van der Waals surface area contributed by atoms with Gasteiger partial charge in [0, 0.05) is 17.4 Å². The number of nitrogens with zero attached hydrogens (tertiary/aromatic N) is 1. The van der Waals surface area contributed by atoms with Crippen LogP contribution in [0.2, 0.25) is 0 Å². The minimum Gasteiger partial charge on any atom is -0.492 e. The van der Waals surface area contributed by atoms with E-state index in [0.717, 1.165) is 11.3 Å². The van der Waals surface area contributed by atoms with Gasteiger partial charge in [-0.25, -0.2) is 0 Å². The van der Waals surface area contributed by atoms with E-state index in [1.165, 1.54) is 0 Å². The lowest BCUT2D eigenvalue weighted by Crippen LogP contribution is -2.23. The molecule has 4 heteroatoms. The van der Waals surface area contributed by atoms with Crippen LogP contribution in [0.1, 0.15) is 5.56 Å². The first kappa shape index (κ1) is 12.2. The van der Waals surface area contributed by atoms with Crippen molar-refractivity contribution in [1.29, 1.82) is 0 Å². The van der Waals surface area contributed by atoms with E-state index in [1.54, 1.807) is 35.9 Å². The van der Waals surface area contributed by atoms with E-state index < -0.39 is 0 Å². The molecule has 1 aromatic carbocycles. The molecule has 0 aliphatic heterocycles. The Balaban J connectivity index is 1.94. The molecule has 0 amide bonds. The van der Waals surface area contributed by atoms with Crippen LogP contribution < -0.4 is 16.0 Å². The van der Waals surface area contributed by atoms with Gasteiger partial charge in [0.15, 0.2) is 0 Å². The molecule has 0 atom stereocenters. The number of nitrogen functional groups attached to an aromatic ring is 1. The van der Waals surface area contributed by atoms with E-state index in [1.807, 2.05) is 18.2 Å². The molecule has 1 heterocycles. The molecule has 0 bridgehead atoms. The number of rotatable bonds is 4. The molecule has 0 aliphatic carbocycles. The Morgan fingerprint density at radius 1 is 1.22 bits per heavy atom. The van der Waals surface area contributed by atoms with E-state index >= 15 is 0 Å². The smallest absolute Gasteiger partial charge is 0.253 e. The van der Waals surface area contributed by atoms with Gasteiger partial charge in [-0.05, 0) is 37.3 Å². The number of aromatic nitrogens is 1. The van der Waals surface area contributed by atoms with Gasteiger partial charge in [-0.2, -0.15) is 0 Å². The summed E-state index contributed by atoms with van der Waals surface area (Å²) in [5.41, 5.74) is 7.05. The highest BCUT2D eigenvalue weighted by Gasteiger charge is 1.99. The van der Waals surface area contributed by atoms with Crippen molar-refractivity contribution in [3.8, 4) is 5.75 Å². The van der Waals surface area contributed by atoms with Gasteiger partial charge < -0.3 is 15.0 Å². The topological polar surface area (TPSA) is 57.2 Å². The third-order valence-corrected chi connectivity index (χ3v) is 2.69. The highest BCUT2D eigenvalue weighted by atomic mass is 16.5. The first-order valence-electron chi connectivity index (χ1n) is 5.81. The van der Waals surface area contributed by atoms with Gasteiger partial charge in [-0.3, -0.25) is 4.79 Å². The molecule has 0 saturated carbocycles. The Kier molecular flexibility index (Phi) is 3.67. The molecule has 0 saturated heterocycles. The zero-order valence-corrected chi connectivity index (χ0v) is 10.3. The lowest BCUT2D eigenvalue weighted by atomic mass is 10.3. The minimum absolute atomic E-state index is 0.0263. The fourth-order valence-electron chi connectivity index (χ4n) is 1.66. The standard InChI is InChI=1S/C14H16N2O2/c1-11-3-2-8-16(14(11)17)9-10-18-13-6-4-12(15)5-7-13/h2-8H,9-10,15H2,1H3. The van der Waals surface area contributed by atoms with Gasteiger partial charge in [0.05, 0.1) is 6.54 Å². The van der Waals surface area contributed by atoms with Gasteiger partial charge in [0.1, 0.15) is 12.4 Å². The van der Waals surface area contributed by atoms with Crippen LogP contribution in [0.4, 0.5) is 5.69 Å². The van der Waals surface area contributed by atoms with Gasteiger partial charge in [-0.15, -0.1) is 0 Å². The molecule has 0 spiro atoms. The van der Waals surface area contributed by atoms with Crippen molar-refractivity contribution in [2.24, 2.45) is 0 Å². The maximum absolute atomic E-state index is 11.7. The van der Waals surface area contributed by atoms with Crippen LogP contribution in [0.25, 0.3) is 0 Å². The fourth-order valence-corrected chi connectivity index (χ4v) is 1.66. The quantitative estimate of drug-likeness (QED) is 0.835. The molecule has 0 radical (unpaired) electrons. The van der Waals surface area contributed by atoms with Gasteiger partial charge >= 0.3 is 0 Å². The van der Waals surface area contributed by atoms with E-state index in [0.29, 0.717) is 18.8 Å². The summed E-state index contributed by atoms with van der Waals surface area (Å²) >= 11 is 0. The van der Waals surface area contributed by atoms with E-state index in [-0.39, 0.29) is 5.56 Å². The summed E-state index contributed by atoms with van der Waals surface area (Å²) in [5, 5.41) is 0. The summed E-state index contributed by atoms with van der Waals surface area (Å²) < 4.78 is 7.19. The second-order valence-corrected chi connectivity index (χ2v) is 4.11. The molecule has 0 unspecified atom stereocenters. The Hall–Kier alpha value is -2.23. The number of hydrogen-bond donors (Lipinski definition) is 1. The highest BCUT2D eigenvalue weighted by Crippen LogP contribution is 2.12. The molecule has 2 aromatic rings. The molecule has 4 nitrogen and oxygen atoms in total. The van der Waals surface area contributed by atoms with Crippen molar-refractivity contribution in [1.82, 2.24) is 4.57 Å². The summed E-state index contributed by atoms with van der Waals surface area (Å²) in [5.74, 6) is 0.755. The van der Waals surface area contributed by atoms with Crippen molar-refractivity contribution in [3.63, 3.8) is 0 Å². The number of aryl methyl sites for hydroxylation is 1. The average molecular weight is 244 g/mol. The van der Waals surface area contributed by atoms with Crippen LogP contribution in [0.15, 0.2) is 47.4 Å². The Morgan fingerprint density at radius 3 is 2.67 bits per heavy atom. The molecule has 1 aromatic heterocycles. The summed E-state index contributed by atoms with van der Waals surface area (Å²) in [4.78, 5) is 11.7. The van der Waals surface area contributed by atoms with Crippen LogP contribution in [0, 0.1) is 6.92 Å². The zero-order chi connectivity index (χ0) is 13.0. The van der Waals surface area contributed by atoms with Crippen LogP contribution in [-0.2, 0) is 6.54 Å². The summed E-state index contributed by atoms with van der Waals surface area (Å²) in [6.45, 7) is 2.79. The van der Waals surface area contributed by atoms with Gasteiger partial charge in [0.25, 0.3) is 5.56 Å². The third-order valence-electron chi connectivity index (χ3n) is 2.69. The maximum atomic E-state index is 11.7. The van der Waals surface area contributed by atoms with E-state index in [4.69, 9.17) is 10.5 Å². The molecule has 94 valence electrons. The Labute approximate surface area is 106 Å².